The molecule has 0 amide bonds. The van der Waals surface area contributed by atoms with Gasteiger partial charge in [-0.2, -0.15) is 0 Å². The van der Waals surface area contributed by atoms with Crippen molar-refractivity contribution in [3.05, 3.63) is 71.3 Å². The van der Waals surface area contributed by atoms with E-state index < -0.39 is 5.60 Å². The molecule has 0 radical (unpaired) electrons. The van der Waals surface area contributed by atoms with Gasteiger partial charge in [-0.05, 0) is 58.1 Å². The Morgan fingerprint density at radius 1 is 1.03 bits per heavy atom. The maximum absolute atomic E-state index is 12.6. The predicted octanol–water partition coefficient (Wildman–Crippen LogP) is 4.90. The van der Waals surface area contributed by atoms with Crippen LogP contribution in [0.15, 0.2) is 54.6 Å². The Balaban J connectivity index is 1.56. The van der Waals surface area contributed by atoms with Crippen LogP contribution in [0.4, 0.5) is 0 Å². The number of rotatable bonds is 7. The molecular weight excluding hydrogens is 374 g/mol. The Hall–Kier alpha value is -2.46. The van der Waals surface area contributed by atoms with Gasteiger partial charge in [0.25, 0.3) is 0 Å². The zero-order chi connectivity index (χ0) is 21.7. The van der Waals surface area contributed by atoms with Crippen LogP contribution >= 0.6 is 0 Å². The fourth-order valence-corrected chi connectivity index (χ4v) is 4.10. The second kappa shape index (κ2) is 9.57. The van der Waals surface area contributed by atoms with Crippen molar-refractivity contribution in [2.24, 2.45) is 5.92 Å². The van der Waals surface area contributed by atoms with E-state index in [-0.39, 0.29) is 17.8 Å². The second-order valence-corrected chi connectivity index (χ2v) is 9.39. The minimum Gasteiger partial charge on any atom is -0.459 e. The quantitative estimate of drug-likeness (QED) is 0.484. The third kappa shape index (κ3) is 6.02. The van der Waals surface area contributed by atoms with Crippen LogP contribution in [-0.2, 0) is 16.0 Å². The number of ether oxygens (including phenoxy) is 1. The number of hydrogen-bond acceptors (Lipinski definition) is 4. The largest absolute Gasteiger partial charge is 0.459 e. The first-order chi connectivity index (χ1) is 14.2. The van der Waals surface area contributed by atoms with Gasteiger partial charge in [-0.25, -0.2) is 0 Å². The molecule has 1 aliphatic rings. The topological polar surface area (TPSA) is 46.6 Å². The van der Waals surface area contributed by atoms with Gasteiger partial charge in [0.1, 0.15) is 11.6 Å². The molecule has 1 fully saturated rings. The SMILES string of the molecule is C[C@@H](Cc1ccc(C(=O)c2ccccc2)cc1)CN1CCC[C@H]1C(=O)OC(C)(C)C. The highest BCUT2D eigenvalue weighted by Crippen LogP contribution is 2.23. The number of carbonyl (C=O) groups is 2. The van der Waals surface area contributed by atoms with Crippen molar-refractivity contribution in [3.8, 4) is 0 Å². The summed E-state index contributed by atoms with van der Waals surface area (Å²) >= 11 is 0. The summed E-state index contributed by atoms with van der Waals surface area (Å²) in [6, 6.07) is 17.1. The molecule has 0 bridgehead atoms. The molecular formula is C26H33NO3. The third-order valence-electron chi connectivity index (χ3n) is 5.42. The van der Waals surface area contributed by atoms with Gasteiger partial charge in [0, 0.05) is 17.7 Å². The van der Waals surface area contributed by atoms with Crippen LogP contribution in [0.25, 0.3) is 0 Å². The van der Waals surface area contributed by atoms with Gasteiger partial charge in [-0.15, -0.1) is 0 Å². The number of esters is 1. The molecule has 2 aromatic rings. The highest BCUT2D eigenvalue weighted by atomic mass is 16.6. The van der Waals surface area contributed by atoms with E-state index in [0.29, 0.717) is 17.0 Å². The summed E-state index contributed by atoms with van der Waals surface area (Å²) in [5, 5.41) is 0. The van der Waals surface area contributed by atoms with Crippen LogP contribution < -0.4 is 0 Å². The van der Waals surface area contributed by atoms with Crippen LogP contribution in [0.5, 0.6) is 0 Å². The van der Waals surface area contributed by atoms with E-state index in [4.69, 9.17) is 4.74 Å². The van der Waals surface area contributed by atoms with Crippen molar-refractivity contribution in [2.45, 2.75) is 58.6 Å². The maximum Gasteiger partial charge on any atom is 0.323 e. The monoisotopic (exact) mass is 407 g/mol. The normalized spacial score (nSPS) is 18.2. The molecule has 30 heavy (non-hydrogen) atoms. The number of ketones is 1. The van der Waals surface area contributed by atoms with Gasteiger partial charge in [0.15, 0.2) is 5.78 Å². The summed E-state index contributed by atoms with van der Waals surface area (Å²) < 4.78 is 5.61. The Labute approximate surface area is 180 Å². The lowest BCUT2D eigenvalue weighted by molar-refractivity contribution is -0.160. The summed E-state index contributed by atoms with van der Waals surface area (Å²) in [6.07, 6.45) is 2.82. The summed E-state index contributed by atoms with van der Waals surface area (Å²) in [5.74, 6) is 0.354. The molecule has 0 saturated carbocycles. The zero-order valence-corrected chi connectivity index (χ0v) is 18.6. The number of carbonyl (C=O) groups excluding carboxylic acids is 2. The van der Waals surface area contributed by atoms with Crippen molar-refractivity contribution in [1.29, 1.82) is 0 Å². The third-order valence-corrected chi connectivity index (χ3v) is 5.42. The van der Waals surface area contributed by atoms with Gasteiger partial charge in [-0.3, -0.25) is 14.5 Å². The van der Waals surface area contributed by atoms with E-state index in [0.717, 1.165) is 32.4 Å². The van der Waals surface area contributed by atoms with Crippen LogP contribution in [0.3, 0.4) is 0 Å². The fraction of sp³-hybridized carbons (Fsp3) is 0.462. The average molecular weight is 408 g/mol. The summed E-state index contributed by atoms with van der Waals surface area (Å²) in [6.45, 7) is 9.78. The highest BCUT2D eigenvalue weighted by molar-refractivity contribution is 6.08. The molecule has 160 valence electrons. The van der Waals surface area contributed by atoms with Crippen LogP contribution in [0.1, 0.15) is 62.0 Å². The van der Waals surface area contributed by atoms with Crippen LogP contribution in [-0.4, -0.2) is 41.4 Å². The summed E-state index contributed by atoms with van der Waals surface area (Å²) in [4.78, 5) is 27.4. The van der Waals surface area contributed by atoms with Crippen molar-refractivity contribution in [2.75, 3.05) is 13.1 Å². The van der Waals surface area contributed by atoms with Crippen molar-refractivity contribution < 1.29 is 14.3 Å². The summed E-state index contributed by atoms with van der Waals surface area (Å²) in [5.41, 5.74) is 2.18. The lowest BCUT2D eigenvalue weighted by Gasteiger charge is -2.29. The van der Waals surface area contributed by atoms with Crippen LogP contribution in [0.2, 0.25) is 0 Å². The molecule has 0 aromatic heterocycles. The van der Waals surface area contributed by atoms with E-state index in [1.807, 2.05) is 75.4 Å². The molecule has 0 N–H and O–H groups in total. The highest BCUT2D eigenvalue weighted by Gasteiger charge is 2.34. The van der Waals surface area contributed by atoms with E-state index in [9.17, 15) is 9.59 Å². The minimum atomic E-state index is -0.449. The van der Waals surface area contributed by atoms with Gasteiger partial charge < -0.3 is 4.74 Å². The van der Waals surface area contributed by atoms with E-state index >= 15 is 0 Å². The van der Waals surface area contributed by atoms with E-state index in [2.05, 4.69) is 11.8 Å². The lowest BCUT2D eigenvalue weighted by atomic mass is 9.97. The molecule has 0 aliphatic carbocycles. The molecule has 4 nitrogen and oxygen atoms in total. The molecule has 3 rings (SSSR count). The van der Waals surface area contributed by atoms with Gasteiger partial charge in [0.2, 0.25) is 0 Å². The molecule has 1 saturated heterocycles. The second-order valence-electron chi connectivity index (χ2n) is 9.39. The Morgan fingerprint density at radius 2 is 1.67 bits per heavy atom. The van der Waals surface area contributed by atoms with Gasteiger partial charge in [-0.1, -0.05) is 61.5 Å². The van der Waals surface area contributed by atoms with Crippen molar-refractivity contribution >= 4 is 11.8 Å². The Kier molecular flexibility index (Phi) is 7.09. The van der Waals surface area contributed by atoms with E-state index in [1.165, 1.54) is 5.56 Å². The van der Waals surface area contributed by atoms with E-state index in [1.54, 1.807) is 0 Å². The molecule has 0 unspecified atom stereocenters. The van der Waals surface area contributed by atoms with Gasteiger partial charge >= 0.3 is 5.97 Å². The summed E-state index contributed by atoms with van der Waals surface area (Å²) in [7, 11) is 0. The molecule has 2 aromatic carbocycles. The Morgan fingerprint density at radius 3 is 2.30 bits per heavy atom. The fourth-order valence-electron chi connectivity index (χ4n) is 4.10. The first kappa shape index (κ1) is 22.2. The lowest BCUT2D eigenvalue weighted by Crippen LogP contribution is -2.42. The average Bonchev–Trinajstić information content (AvgIpc) is 3.15. The smallest absolute Gasteiger partial charge is 0.323 e. The molecule has 2 atom stereocenters. The molecule has 1 aliphatic heterocycles. The number of hydrogen-bond donors (Lipinski definition) is 0. The first-order valence-electron chi connectivity index (χ1n) is 10.9. The molecule has 0 spiro atoms. The van der Waals surface area contributed by atoms with Crippen LogP contribution in [0, 0.1) is 5.92 Å². The maximum atomic E-state index is 12.6. The molecule has 1 heterocycles. The first-order valence-corrected chi connectivity index (χ1v) is 10.9. The molecule has 4 heteroatoms. The van der Waals surface area contributed by atoms with Crippen molar-refractivity contribution in [1.82, 2.24) is 4.90 Å². The number of benzene rings is 2. The Bertz CT molecular complexity index is 852. The minimum absolute atomic E-state index is 0.0486. The number of likely N-dealkylation sites (tertiary alicyclic amines) is 1. The van der Waals surface area contributed by atoms with Crippen molar-refractivity contribution in [3.63, 3.8) is 0 Å². The standard InChI is InChI=1S/C26H33NO3/c1-19(18-27-16-8-11-23(27)25(29)30-26(2,3)4)17-20-12-14-22(15-13-20)24(28)21-9-6-5-7-10-21/h5-7,9-10,12-15,19,23H,8,11,16-18H2,1-4H3/t19-,23-/m0/s1. The van der Waals surface area contributed by atoms with Gasteiger partial charge in [0.05, 0.1) is 0 Å². The zero-order valence-electron chi connectivity index (χ0n) is 18.6. The predicted molar refractivity (Wildman–Crippen MR) is 120 cm³/mol. The number of nitrogens with zero attached hydrogens (tertiary/aromatic N) is 1.